The quantitative estimate of drug-likeness (QED) is 0.616. The minimum atomic E-state index is 0.0117. The van der Waals surface area contributed by atoms with E-state index in [2.05, 4.69) is 24.3 Å². The first-order valence-electron chi connectivity index (χ1n) is 6.37. The van der Waals surface area contributed by atoms with Gasteiger partial charge in [-0.1, -0.05) is 6.92 Å². The molecule has 1 aromatic rings. The zero-order chi connectivity index (χ0) is 13.1. The number of nitrogens with one attached hydrogen (secondary N) is 1. The summed E-state index contributed by atoms with van der Waals surface area (Å²) in [5.41, 5.74) is 3.68. The van der Waals surface area contributed by atoms with Crippen molar-refractivity contribution in [1.82, 2.24) is 9.88 Å². The molecule has 98 valence electrons. The van der Waals surface area contributed by atoms with Gasteiger partial charge in [-0.25, -0.2) is 4.98 Å². The number of rotatable bonds is 2. The number of amides is 1. The lowest BCUT2D eigenvalue weighted by molar-refractivity contribution is 0.0545. The average Bonchev–Trinajstić information content (AvgIpc) is 2.41. The number of nitrogens with two attached hydrogens (primary N) is 1. The van der Waals surface area contributed by atoms with Crippen LogP contribution in [0.4, 0.5) is 5.69 Å². The van der Waals surface area contributed by atoms with Crippen LogP contribution in [-0.2, 0) is 0 Å². The number of carbonyl (C=O) groups excluding carboxylic acids is 1. The summed E-state index contributed by atoms with van der Waals surface area (Å²) >= 11 is 0. The largest absolute Gasteiger partial charge is 0.334 e. The van der Waals surface area contributed by atoms with Crippen LogP contribution in [0.2, 0.25) is 0 Å². The molecule has 0 bridgehead atoms. The Morgan fingerprint density at radius 1 is 1.50 bits per heavy atom. The number of pyridine rings is 1. The van der Waals surface area contributed by atoms with Crippen LogP contribution in [-0.4, -0.2) is 28.4 Å². The van der Waals surface area contributed by atoms with E-state index in [1.807, 2.05) is 4.90 Å². The van der Waals surface area contributed by atoms with E-state index in [1.165, 1.54) is 6.42 Å². The van der Waals surface area contributed by atoms with Crippen LogP contribution in [0.1, 0.15) is 37.2 Å². The van der Waals surface area contributed by atoms with Crippen LogP contribution in [0.15, 0.2) is 18.3 Å². The van der Waals surface area contributed by atoms with Crippen molar-refractivity contribution < 1.29 is 4.79 Å². The highest BCUT2D eigenvalue weighted by molar-refractivity contribution is 5.92. The molecule has 2 rings (SSSR count). The normalized spacial score (nSPS) is 23.8. The number of likely N-dealkylation sites (tertiary alicyclic amines) is 1. The Balaban J connectivity index is 2.14. The lowest BCUT2D eigenvalue weighted by Gasteiger charge is -2.37. The van der Waals surface area contributed by atoms with Gasteiger partial charge in [-0.05, 0) is 37.8 Å². The van der Waals surface area contributed by atoms with Gasteiger partial charge >= 0.3 is 0 Å². The minimum Gasteiger partial charge on any atom is -0.334 e. The summed E-state index contributed by atoms with van der Waals surface area (Å²) in [6, 6.07) is 3.75. The number of hydrogen-bond acceptors (Lipinski definition) is 4. The van der Waals surface area contributed by atoms with Gasteiger partial charge in [0.25, 0.3) is 5.91 Å². The second-order valence-corrected chi connectivity index (χ2v) is 4.94. The molecule has 1 amide bonds. The lowest BCUT2D eigenvalue weighted by atomic mass is 9.92. The number of aromatic nitrogens is 1. The first-order chi connectivity index (χ1) is 8.63. The van der Waals surface area contributed by atoms with Crippen molar-refractivity contribution in [2.75, 3.05) is 12.0 Å². The van der Waals surface area contributed by atoms with Crippen molar-refractivity contribution in [3.63, 3.8) is 0 Å². The molecule has 3 N–H and O–H groups in total. The molecule has 0 radical (unpaired) electrons. The van der Waals surface area contributed by atoms with Crippen LogP contribution in [0.3, 0.4) is 0 Å². The second-order valence-electron chi connectivity index (χ2n) is 4.94. The van der Waals surface area contributed by atoms with Crippen molar-refractivity contribution in [2.24, 2.45) is 11.8 Å². The average molecular weight is 248 g/mol. The molecule has 2 unspecified atom stereocenters. The van der Waals surface area contributed by atoms with Crippen molar-refractivity contribution in [3.8, 4) is 0 Å². The summed E-state index contributed by atoms with van der Waals surface area (Å²) in [4.78, 5) is 18.4. The first kappa shape index (κ1) is 12.8. The van der Waals surface area contributed by atoms with Crippen molar-refractivity contribution in [1.29, 1.82) is 0 Å². The van der Waals surface area contributed by atoms with Gasteiger partial charge in [0.2, 0.25) is 0 Å². The third kappa shape index (κ3) is 2.46. The Hall–Kier alpha value is -1.62. The lowest BCUT2D eigenvalue weighted by Crippen LogP contribution is -2.46. The molecule has 5 nitrogen and oxygen atoms in total. The molecule has 0 aromatic carbocycles. The molecule has 5 heteroatoms. The van der Waals surface area contributed by atoms with Crippen LogP contribution in [0.5, 0.6) is 0 Å². The summed E-state index contributed by atoms with van der Waals surface area (Å²) < 4.78 is 0. The summed E-state index contributed by atoms with van der Waals surface area (Å²) in [7, 11) is 0. The van der Waals surface area contributed by atoms with Gasteiger partial charge in [0.05, 0.1) is 11.9 Å². The third-order valence-corrected chi connectivity index (χ3v) is 3.78. The fourth-order valence-electron chi connectivity index (χ4n) is 2.38. The number of nitrogen functional groups attached to an aromatic ring is 1. The van der Waals surface area contributed by atoms with E-state index in [0.717, 1.165) is 13.0 Å². The minimum absolute atomic E-state index is 0.0117. The molecule has 1 fully saturated rings. The maximum absolute atomic E-state index is 12.4. The second kappa shape index (κ2) is 5.35. The summed E-state index contributed by atoms with van der Waals surface area (Å²) in [6.45, 7) is 5.12. The Morgan fingerprint density at radius 2 is 2.28 bits per heavy atom. The number of hydrazine groups is 1. The molecule has 0 saturated carbocycles. The predicted octanol–water partition coefficient (Wildman–Crippen LogP) is 1.63. The molecular weight excluding hydrogens is 228 g/mol. The summed E-state index contributed by atoms with van der Waals surface area (Å²) in [6.07, 6.45) is 3.83. The fraction of sp³-hybridized carbons (Fsp3) is 0.538. The number of carbonyl (C=O) groups is 1. The molecule has 0 spiro atoms. The fourth-order valence-corrected chi connectivity index (χ4v) is 2.38. The Kier molecular flexibility index (Phi) is 3.81. The smallest absolute Gasteiger partial charge is 0.272 e. The standard InChI is InChI=1S/C13H20N4O/c1-9-4-3-7-17(10(9)2)13(18)12-6-5-11(16-14)8-15-12/h5-6,8-10,16H,3-4,7,14H2,1-2H3. The SMILES string of the molecule is CC1CCCN(C(=O)c2ccc(NN)cn2)C1C. The maximum atomic E-state index is 12.4. The number of anilines is 1. The van der Waals surface area contributed by atoms with Crippen molar-refractivity contribution in [2.45, 2.75) is 32.7 Å². The van der Waals surface area contributed by atoms with Crippen LogP contribution < -0.4 is 11.3 Å². The van der Waals surface area contributed by atoms with Gasteiger partial charge in [0.1, 0.15) is 5.69 Å². The van der Waals surface area contributed by atoms with E-state index >= 15 is 0 Å². The highest BCUT2D eigenvalue weighted by Crippen LogP contribution is 2.24. The Bertz CT molecular complexity index is 418. The molecule has 1 aliphatic rings. The first-order valence-corrected chi connectivity index (χ1v) is 6.37. The highest BCUT2D eigenvalue weighted by Gasteiger charge is 2.29. The molecule has 1 aromatic heterocycles. The molecule has 2 heterocycles. The van der Waals surface area contributed by atoms with E-state index in [9.17, 15) is 4.79 Å². The molecule has 1 saturated heterocycles. The van der Waals surface area contributed by atoms with Gasteiger partial charge < -0.3 is 10.3 Å². The van der Waals surface area contributed by atoms with Gasteiger partial charge in [0, 0.05) is 12.6 Å². The number of nitrogens with zero attached hydrogens (tertiary/aromatic N) is 2. The zero-order valence-electron chi connectivity index (χ0n) is 10.9. The highest BCUT2D eigenvalue weighted by atomic mass is 16.2. The van der Waals surface area contributed by atoms with Crippen molar-refractivity contribution in [3.05, 3.63) is 24.0 Å². The molecular formula is C13H20N4O. The molecule has 0 aliphatic carbocycles. The molecule has 1 aliphatic heterocycles. The molecule has 2 atom stereocenters. The predicted molar refractivity (Wildman–Crippen MR) is 70.9 cm³/mol. The number of hydrogen-bond donors (Lipinski definition) is 2. The zero-order valence-corrected chi connectivity index (χ0v) is 10.9. The Morgan fingerprint density at radius 3 is 2.89 bits per heavy atom. The van der Waals surface area contributed by atoms with E-state index in [1.54, 1.807) is 18.3 Å². The van der Waals surface area contributed by atoms with E-state index < -0.39 is 0 Å². The number of piperidine rings is 1. The Labute approximate surface area is 107 Å². The van der Waals surface area contributed by atoms with Crippen LogP contribution in [0.25, 0.3) is 0 Å². The van der Waals surface area contributed by atoms with Gasteiger partial charge in [0.15, 0.2) is 0 Å². The van der Waals surface area contributed by atoms with Crippen LogP contribution >= 0.6 is 0 Å². The van der Waals surface area contributed by atoms with Gasteiger partial charge in [-0.2, -0.15) is 0 Å². The summed E-state index contributed by atoms with van der Waals surface area (Å²) in [5.74, 6) is 5.83. The summed E-state index contributed by atoms with van der Waals surface area (Å²) in [5, 5.41) is 0. The van der Waals surface area contributed by atoms with Crippen LogP contribution in [0, 0.1) is 5.92 Å². The molecule has 18 heavy (non-hydrogen) atoms. The topological polar surface area (TPSA) is 71.2 Å². The monoisotopic (exact) mass is 248 g/mol. The maximum Gasteiger partial charge on any atom is 0.272 e. The van der Waals surface area contributed by atoms with E-state index in [0.29, 0.717) is 17.3 Å². The van der Waals surface area contributed by atoms with Crippen molar-refractivity contribution >= 4 is 11.6 Å². The van der Waals surface area contributed by atoms with Gasteiger partial charge in [-0.3, -0.25) is 10.6 Å². The van der Waals surface area contributed by atoms with Gasteiger partial charge in [-0.15, -0.1) is 0 Å². The third-order valence-electron chi connectivity index (χ3n) is 3.78. The van der Waals surface area contributed by atoms with E-state index in [4.69, 9.17) is 5.84 Å². The van der Waals surface area contributed by atoms with E-state index in [-0.39, 0.29) is 11.9 Å².